The van der Waals surface area contributed by atoms with Gasteiger partial charge in [0.15, 0.2) is 0 Å². The molecule has 2 amide bonds. The van der Waals surface area contributed by atoms with Gasteiger partial charge < -0.3 is 10.6 Å². The summed E-state index contributed by atoms with van der Waals surface area (Å²) in [6.07, 6.45) is 2.13. The van der Waals surface area contributed by atoms with Gasteiger partial charge in [-0.15, -0.1) is 0 Å². The predicted molar refractivity (Wildman–Crippen MR) is 106 cm³/mol. The number of rotatable bonds is 5. The second-order valence-corrected chi connectivity index (χ2v) is 6.44. The highest BCUT2D eigenvalue weighted by Crippen LogP contribution is 2.22. The lowest BCUT2D eigenvalue weighted by Gasteiger charge is -2.10. The Morgan fingerprint density at radius 2 is 1.82 bits per heavy atom. The van der Waals surface area contributed by atoms with Crippen molar-refractivity contribution in [2.45, 2.75) is 27.2 Å². The van der Waals surface area contributed by atoms with E-state index in [1.54, 1.807) is 4.68 Å². The first-order valence-corrected chi connectivity index (χ1v) is 8.91. The van der Waals surface area contributed by atoms with Gasteiger partial charge >= 0.3 is 0 Å². The zero-order valence-electron chi connectivity index (χ0n) is 15.9. The van der Waals surface area contributed by atoms with E-state index in [9.17, 15) is 14.0 Å². The van der Waals surface area contributed by atoms with Gasteiger partial charge in [-0.05, 0) is 43.7 Å². The third kappa shape index (κ3) is 4.09. The number of hydrogen-bond acceptors (Lipinski definition) is 3. The van der Waals surface area contributed by atoms with Crippen LogP contribution in [0.15, 0.2) is 48.7 Å². The second-order valence-electron chi connectivity index (χ2n) is 6.44. The van der Waals surface area contributed by atoms with E-state index in [0.29, 0.717) is 17.7 Å². The molecule has 0 saturated carbocycles. The Kier molecular flexibility index (Phi) is 5.54. The molecule has 1 heterocycles. The van der Waals surface area contributed by atoms with Gasteiger partial charge in [0.1, 0.15) is 5.82 Å². The van der Waals surface area contributed by atoms with Gasteiger partial charge in [0, 0.05) is 12.6 Å². The molecule has 7 heteroatoms. The molecule has 2 N–H and O–H groups in total. The fraction of sp³-hybridized carbons (Fsp3) is 0.190. The lowest BCUT2D eigenvalue weighted by Crippen LogP contribution is -2.15. The molecular weight excluding hydrogens is 359 g/mol. The molecule has 144 valence electrons. The van der Waals surface area contributed by atoms with Gasteiger partial charge in [0.05, 0.1) is 28.8 Å². The first-order valence-electron chi connectivity index (χ1n) is 8.91. The van der Waals surface area contributed by atoms with E-state index in [-0.39, 0.29) is 11.6 Å². The van der Waals surface area contributed by atoms with Crippen LogP contribution in [0, 0.1) is 12.7 Å². The highest BCUT2D eigenvalue weighted by atomic mass is 19.1. The number of carbonyl (C=O) groups is 2. The molecule has 3 aromatic rings. The average molecular weight is 380 g/mol. The normalized spacial score (nSPS) is 10.6. The Morgan fingerprint density at radius 3 is 2.46 bits per heavy atom. The number of anilines is 2. The number of hydrogen-bond donors (Lipinski definition) is 2. The second kappa shape index (κ2) is 8.04. The van der Waals surface area contributed by atoms with Crippen molar-refractivity contribution >= 4 is 23.2 Å². The SMILES string of the molecule is CCc1c(C(=O)Nc2ccc(F)c(NC(C)=O)c2)cnn1-c1ccc(C)cc1. The zero-order valence-corrected chi connectivity index (χ0v) is 15.9. The highest BCUT2D eigenvalue weighted by Gasteiger charge is 2.18. The fourth-order valence-corrected chi connectivity index (χ4v) is 2.90. The summed E-state index contributed by atoms with van der Waals surface area (Å²) in [6.45, 7) is 5.24. The largest absolute Gasteiger partial charge is 0.324 e. The molecule has 28 heavy (non-hydrogen) atoms. The van der Waals surface area contributed by atoms with Crippen LogP contribution in [0.2, 0.25) is 0 Å². The van der Waals surface area contributed by atoms with E-state index in [4.69, 9.17) is 0 Å². The molecule has 3 rings (SSSR count). The van der Waals surface area contributed by atoms with Crippen LogP contribution in [0.1, 0.15) is 35.5 Å². The van der Waals surface area contributed by atoms with Crippen molar-refractivity contribution < 1.29 is 14.0 Å². The molecule has 0 atom stereocenters. The quantitative estimate of drug-likeness (QED) is 0.700. The van der Waals surface area contributed by atoms with Gasteiger partial charge in [-0.25, -0.2) is 9.07 Å². The van der Waals surface area contributed by atoms with Gasteiger partial charge in [-0.3, -0.25) is 9.59 Å². The van der Waals surface area contributed by atoms with E-state index in [1.807, 2.05) is 38.1 Å². The van der Waals surface area contributed by atoms with Gasteiger partial charge in [-0.2, -0.15) is 5.10 Å². The van der Waals surface area contributed by atoms with Crippen LogP contribution in [0.5, 0.6) is 0 Å². The number of amides is 2. The van der Waals surface area contributed by atoms with Crippen LogP contribution in [-0.4, -0.2) is 21.6 Å². The molecule has 6 nitrogen and oxygen atoms in total. The number of benzene rings is 2. The number of nitrogens with one attached hydrogen (secondary N) is 2. The summed E-state index contributed by atoms with van der Waals surface area (Å²) in [5, 5.41) is 9.49. The molecule has 0 saturated heterocycles. The van der Waals surface area contributed by atoms with Crippen LogP contribution >= 0.6 is 0 Å². The van der Waals surface area contributed by atoms with Gasteiger partial charge in [-0.1, -0.05) is 24.6 Å². The molecule has 0 spiro atoms. The summed E-state index contributed by atoms with van der Waals surface area (Å²) < 4.78 is 15.5. The maximum atomic E-state index is 13.8. The molecule has 2 aromatic carbocycles. The molecule has 0 radical (unpaired) electrons. The average Bonchev–Trinajstić information content (AvgIpc) is 3.09. The Balaban J connectivity index is 1.87. The van der Waals surface area contributed by atoms with Crippen LogP contribution < -0.4 is 10.6 Å². The number of halogens is 1. The number of nitrogens with zero attached hydrogens (tertiary/aromatic N) is 2. The lowest BCUT2D eigenvalue weighted by atomic mass is 10.1. The summed E-state index contributed by atoms with van der Waals surface area (Å²) in [5.74, 6) is -1.32. The summed E-state index contributed by atoms with van der Waals surface area (Å²) >= 11 is 0. The molecule has 0 unspecified atom stereocenters. The smallest absolute Gasteiger partial charge is 0.259 e. The first-order chi connectivity index (χ1) is 13.4. The maximum Gasteiger partial charge on any atom is 0.259 e. The third-order valence-corrected chi connectivity index (χ3v) is 4.26. The van der Waals surface area contributed by atoms with Crippen molar-refractivity contribution in [1.82, 2.24) is 9.78 Å². The summed E-state index contributed by atoms with van der Waals surface area (Å²) in [6, 6.07) is 11.9. The van der Waals surface area contributed by atoms with E-state index >= 15 is 0 Å². The van der Waals surface area contributed by atoms with Crippen LogP contribution in [0.4, 0.5) is 15.8 Å². The number of aryl methyl sites for hydroxylation is 1. The van der Waals surface area contributed by atoms with E-state index in [1.165, 1.54) is 31.3 Å². The molecule has 1 aromatic heterocycles. The minimum atomic E-state index is -0.574. The summed E-state index contributed by atoms with van der Waals surface area (Å²) in [4.78, 5) is 24.0. The van der Waals surface area contributed by atoms with Crippen molar-refractivity contribution in [3.63, 3.8) is 0 Å². The van der Waals surface area contributed by atoms with E-state index < -0.39 is 11.7 Å². The highest BCUT2D eigenvalue weighted by molar-refractivity contribution is 6.05. The third-order valence-electron chi connectivity index (χ3n) is 4.26. The minimum Gasteiger partial charge on any atom is -0.324 e. The van der Waals surface area contributed by atoms with E-state index in [2.05, 4.69) is 15.7 Å². The molecular formula is C21H21FN4O2. The standard InChI is InChI=1S/C21H21FN4O2/c1-4-20-17(12-23-26(20)16-8-5-13(2)6-9-16)21(28)25-15-7-10-18(22)19(11-15)24-14(3)27/h5-12H,4H2,1-3H3,(H,24,27)(H,25,28). The predicted octanol–water partition coefficient (Wildman–Crippen LogP) is 4.09. The first kappa shape index (κ1) is 19.3. The molecule has 0 aliphatic heterocycles. The summed E-state index contributed by atoms with van der Waals surface area (Å²) in [5.41, 5.74) is 3.60. The van der Waals surface area contributed by atoms with Crippen molar-refractivity contribution in [2.75, 3.05) is 10.6 Å². The van der Waals surface area contributed by atoms with Gasteiger partial charge in [0.2, 0.25) is 5.91 Å². The van der Waals surface area contributed by atoms with E-state index in [0.717, 1.165) is 16.9 Å². The van der Waals surface area contributed by atoms with Crippen LogP contribution in [0.25, 0.3) is 5.69 Å². The Morgan fingerprint density at radius 1 is 1.11 bits per heavy atom. The molecule has 0 bridgehead atoms. The Bertz CT molecular complexity index is 1030. The Hall–Kier alpha value is -3.48. The van der Waals surface area contributed by atoms with Gasteiger partial charge in [0.25, 0.3) is 5.91 Å². The number of carbonyl (C=O) groups excluding carboxylic acids is 2. The van der Waals surface area contributed by atoms with Crippen LogP contribution in [-0.2, 0) is 11.2 Å². The van der Waals surface area contributed by atoms with Crippen molar-refractivity contribution in [2.24, 2.45) is 0 Å². The molecule has 0 aliphatic carbocycles. The fourth-order valence-electron chi connectivity index (χ4n) is 2.90. The minimum absolute atomic E-state index is 0.0105. The lowest BCUT2D eigenvalue weighted by molar-refractivity contribution is -0.114. The zero-order chi connectivity index (χ0) is 20.3. The Labute approximate surface area is 162 Å². The monoisotopic (exact) mass is 380 g/mol. The van der Waals surface area contributed by atoms with Crippen molar-refractivity contribution in [3.05, 3.63) is 71.3 Å². The molecule has 0 fully saturated rings. The number of aromatic nitrogens is 2. The van der Waals surface area contributed by atoms with Crippen molar-refractivity contribution in [1.29, 1.82) is 0 Å². The van der Waals surface area contributed by atoms with Crippen molar-refractivity contribution in [3.8, 4) is 5.69 Å². The molecule has 0 aliphatic rings. The topological polar surface area (TPSA) is 76.0 Å². The van der Waals surface area contributed by atoms with Crippen LogP contribution in [0.3, 0.4) is 0 Å². The summed E-state index contributed by atoms with van der Waals surface area (Å²) in [7, 11) is 0. The maximum absolute atomic E-state index is 13.8.